The summed E-state index contributed by atoms with van der Waals surface area (Å²) >= 11 is 0. The molecule has 198 valence electrons. The number of hydrogen-bond donors (Lipinski definition) is 0. The molecule has 0 fully saturated rings. The van der Waals surface area contributed by atoms with Crippen molar-refractivity contribution in [3.8, 4) is 34.1 Å². The maximum absolute atomic E-state index is 6.46. The van der Waals surface area contributed by atoms with Crippen LogP contribution in [0.15, 0.2) is 121 Å². The second kappa shape index (κ2) is 11.4. The zero-order chi connectivity index (χ0) is 27.3. The summed E-state index contributed by atoms with van der Waals surface area (Å²) in [5.74, 6) is 3.01. The molecule has 0 saturated heterocycles. The molecular weight excluding hydrogens is 496 g/mol. The van der Waals surface area contributed by atoms with Gasteiger partial charge in [0, 0.05) is 21.9 Å². The predicted octanol–water partition coefficient (Wildman–Crippen LogP) is 8.84. The van der Waals surface area contributed by atoms with Crippen LogP contribution < -0.4 is 18.9 Å². The van der Waals surface area contributed by atoms with Gasteiger partial charge in [-0.2, -0.15) is 0 Å². The molecule has 0 N–H and O–H groups in total. The Labute approximate surface area is 234 Å². The minimum atomic E-state index is 0.453. The van der Waals surface area contributed by atoms with Gasteiger partial charge < -0.3 is 18.9 Å². The minimum absolute atomic E-state index is 0.453. The molecule has 0 atom stereocenters. The van der Waals surface area contributed by atoms with Gasteiger partial charge in [-0.1, -0.05) is 97.1 Å². The van der Waals surface area contributed by atoms with E-state index in [2.05, 4.69) is 48.5 Å². The average Bonchev–Trinajstić information content (AvgIpc) is 3.02. The van der Waals surface area contributed by atoms with Crippen LogP contribution in [0.5, 0.6) is 23.0 Å². The van der Waals surface area contributed by atoms with E-state index in [0.29, 0.717) is 13.2 Å². The van der Waals surface area contributed by atoms with E-state index in [-0.39, 0.29) is 0 Å². The highest BCUT2D eigenvalue weighted by Gasteiger charge is 2.23. The lowest BCUT2D eigenvalue weighted by Gasteiger charge is -2.21. The highest BCUT2D eigenvalue weighted by atomic mass is 16.5. The molecule has 0 aromatic heterocycles. The van der Waals surface area contributed by atoms with Crippen LogP contribution in [0.1, 0.15) is 11.1 Å². The zero-order valence-corrected chi connectivity index (χ0v) is 22.6. The first-order chi connectivity index (χ1) is 19.8. The van der Waals surface area contributed by atoms with E-state index >= 15 is 0 Å². The molecule has 0 aliphatic rings. The standard InChI is InChI=1S/C36H30O4/c1-37-29-21-19-27-15-9-17-31(39-23-25-11-5-3-6-12-25)33(27)35(29)36-30(38-2)22-20-28-16-10-18-32(34(28)36)40-24-26-13-7-4-8-14-26/h3-22H,23-24H2,1-2H3. The summed E-state index contributed by atoms with van der Waals surface area (Å²) in [6.07, 6.45) is 0. The van der Waals surface area contributed by atoms with Gasteiger partial charge in [0.1, 0.15) is 36.2 Å². The topological polar surface area (TPSA) is 36.9 Å². The first kappa shape index (κ1) is 25.3. The largest absolute Gasteiger partial charge is 0.496 e. The van der Waals surface area contributed by atoms with E-state index in [4.69, 9.17) is 18.9 Å². The van der Waals surface area contributed by atoms with E-state index in [0.717, 1.165) is 66.8 Å². The Morgan fingerprint density at radius 2 is 0.825 bits per heavy atom. The van der Waals surface area contributed by atoms with Gasteiger partial charge in [-0.3, -0.25) is 0 Å². The Morgan fingerprint density at radius 3 is 1.23 bits per heavy atom. The molecule has 6 aromatic carbocycles. The van der Waals surface area contributed by atoms with E-state index < -0.39 is 0 Å². The van der Waals surface area contributed by atoms with Crippen molar-refractivity contribution in [1.29, 1.82) is 0 Å². The van der Waals surface area contributed by atoms with E-state index in [1.807, 2.05) is 72.8 Å². The maximum Gasteiger partial charge on any atom is 0.128 e. The number of hydrogen-bond acceptors (Lipinski definition) is 4. The Hall–Kier alpha value is -4.96. The lowest BCUT2D eigenvalue weighted by molar-refractivity contribution is 0.309. The number of benzene rings is 6. The summed E-state index contributed by atoms with van der Waals surface area (Å²) in [7, 11) is 3.39. The summed E-state index contributed by atoms with van der Waals surface area (Å²) in [6, 6.07) is 40.8. The van der Waals surface area contributed by atoms with Crippen molar-refractivity contribution < 1.29 is 18.9 Å². The van der Waals surface area contributed by atoms with Gasteiger partial charge in [-0.05, 0) is 46.2 Å². The molecule has 0 aliphatic carbocycles. The Morgan fingerprint density at radius 1 is 0.400 bits per heavy atom. The molecule has 6 rings (SSSR count). The number of ether oxygens (including phenoxy) is 4. The fourth-order valence-corrected chi connectivity index (χ4v) is 5.20. The molecular formula is C36H30O4. The van der Waals surface area contributed by atoms with E-state index in [9.17, 15) is 0 Å². The van der Waals surface area contributed by atoms with Gasteiger partial charge in [-0.25, -0.2) is 0 Å². The molecule has 0 amide bonds. The normalized spacial score (nSPS) is 10.9. The number of fused-ring (bicyclic) bond motifs is 2. The van der Waals surface area contributed by atoms with Crippen molar-refractivity contribution >= 4 is 21.5 Å². The Bertz CT molecular complexity index is 1630. The molecule has 0 saturated carbocycles. The third-order valence-electron chi connectivity index (χ3n) is 7.10. The molecule has 0 heterocycles. The van der Waals surface area contributed by atoms with Gasteiger partial charge in [0.2, 0.25) is 0 Å². The fourth-order valence-electron chi connectivity index (χ4n) is 5.20. The highest BCUT2D eigenvalue weighted by molar-refractivity contribution is 6.13. The van der Waals surface area contributed by atoms with Crippen LogP contribution in [0.2, 0.25) is 0 Å². The lowest BCUT2D eigenvalue weighted by atomic mass is 9.91. The van der Waals surface area contributed by atoms with Crippen LogP contribution in [0.4, 0.5) is 0 Å². The molecule has 4 nitrogen and oxygen atoms in total. The smallest absolute Gasteiger partial charge is 0.128 e. The Kier molecular flexibility index (Phi) is 7.23. The molecule has 0 spiro atoms. The van der Waals surface area contributed by atoms with Crippen LogP contribution >= 0.6 is 0 Å². The van der Waals surface area contributed by atoms with Crippen LogP contribution in [-0.2, 0) is 13.2 Å². The number of rotatable bonds is 9. The first-order valence-electron chi connectivity index (χ1n) is 13.3. The lowest BCUT2D eigenvalue weighted by Crippen LogP contribution is -2.00. The molecule has 6 aromatic rings. The quantitative estimate of drug-likeness (QED) is 0.189. The molecule has 0 unspecified atom stereocenters. The third kappa shape index (κ3) is 4.92. The summed E-state index contributed by atoms with van der Waals surface area (Å²) < 4.78 is 24.9. The average molecular weight is 527 g/mol. The van der Waals surface area contributed by atoms with Gasteiger partial charge in [0.25, 0.3) is 0 Å². The number of methoxy groups -OCH3 is 2. The maximum atomic E-state index is 6.46. The molecule has 0 radical (unpaired) electrons. The van der Waals surface area contributed by atoms with Crippen molar-refractivity contribution in [1.82, 2.24) is 0 Å². The summed E-state index contributed by atoms with van der Waals surface area (Å²) in [5.41, 5.74) is 4.01. The predicted molar refractivity (Wildman–Crippen MR) is 162 cm³/mol. The van der Waals surface area contributed by atoms with Crippen LogP contribution in [-0.4, -0.2) is 14.2 Å². The molecule has 0 bridgehead atoms. The SMILES string of the molecule is COc1ccc2cccc(OCc3ccccc3)c2c1-c1c(OC)ccc2cccc(OCc3ccccc3)c12. The van der Waals surface area contributed by atoms with Crippen molar-refractivity contribution in [2.45, 2.75) is 13.2 Å². The van der Waals surface area contributed by atoms with Crippen molar-refractivity contribution in [2.24, 2.45) is 0 Å². The third-order valence-corrected chi connectivity index (χ3v) is 7.10. The summed E-state index contributed by atoms with van der Waals surface area (Å²) in [6.45, 7) is 0.906. The van der Waals surface area contributed by atoms with Gasteiger partial charge in [-0.15, -0.1) is 0 Å². The zero-order valence-electron chi connectivity index (χ0n) is 22.6. The van der Waals surface area contributed by atoms with Gasteiger partial charge in [0.05, 0.1) is 14.2 Å². The van der Waals surface area contributed by atoms with E-state index in [1.54, 1.807) is 14.2 Å². The second-order valence-electron chi connectivity index (χ2n) is 9.54. The van der Waals surface area contributed by atoms with Gasteiger partial charge >= 0.3 is 0 Å². The summed E-state index contributed by atoms with van der Waals surface area (Å²) in [4.78, 5) is 0. The van der Waals surface area contributed by atoms with Crippen LogP contribution in [0, 0.1) is 0 Å². The van der Waals surface area contributed by atoms with Crippen molar-refractivity contribution in [3.63, 3.8) is 0 Å². The Balaban J connectivity index is 1.58. The second-order valence-corrected chi connectivity index (χ2v) is 9.54. The minimum Gasteiger partial charge on any atom is -0.496 e. The van der Waals surface area contributed by atoms with E-state index in [1.165, 1.54) is 0 Å². The molecule has 4 heteroatoms. The fraction of sp³-hybridized carbons (Fsp3) is 0.111. The van der Waals surface area contributed by atoms with Crippen molar-refractivity contribution in [2.75, 3.05) is 14.2 Å². The highest BCUT2D eigenvalue weighted by Crippen LogP contribution is 2.50. The first-order valence-corrected chi connectivity index (χ1v) is 13.3. The monoisotopic (exact) mass is 526 g/mol. The van der Waals surface area contributed by atoms with Gasteiger partial charge in [0.15, 0.2) is 0 Å². The molecule has 40 heavy (non-hydrogen) atoms. The summed E-state index contributed by atoms with van der Waals surface area (Å²) in [5, 5.41) is 4.01. The van der Waals surface area contributed by atoms with Crippen LogP contribution in [0.3, 0.4) is 0 Å². The molecule has 0 aliphatic heterocycles. The van der Waals surface area contributed by atoms with Crippen LogP contribution in [0.25, 0.3) is 32.7 Å². The van der Waals surface area contributed by atoms with Crippen molar-refractivity contribution in [3.05, 3.63) is 132 Å².